The number of hydrogen-bond acceptors (Lipinski definition) is 6. The monoisotopic (exact) mass is 304 g/mol. The van der Waals surface area contributed by atoms with Crippen molar-refractivity contribution in [3.63, 3.8) is 0 Å². The van der Waals surface area contributed by atoms with E-state index in [1.807, 2.05) is 0 Å². The summed E-state index contributed by atoms with van der Waals surface area (Å²) in [6.07, 6.45) is 0. The van der Waals surface area contributed by atoms with Gasteiger partial charge in [0.2, 0.25) is 10.0 Å². The third-order valence-corrected chi connectivity index (χ3v) is 5.21. The SMILES string of the molecule is COC(=O)CSc1ccc(S(=O)(=O)N(C)C)cc1N. The third kappa shape index (κ3) is 3.85. The van der Waals surface area contributed by atoms with Crippen LogP contribution >= 0.6 is 11.8 Å². The molecule has 0 aliphatic carbocycles. The minimum absolute atomic E-state index is 0.123. The van der Waals surface area contributed by atoms with Crippen LogP contribution in [0.4, 0.5) is 5.69 Å². The Kier molecular flexibility index (Phi) is 5.21. The third-order valence-electron chi connectivity index (χ3n) is 2.33. The van der Waals surface area contributed by atoms with E-state index in [2.05, 4.69) is 4.74 Å². The summed E-state index contributed by atoms with van der Waals surface area (Å²) >= 11 is 1.20. The van der Waals surface area contributed by atoms with Gasteiger partial charge in [-0.05, 0) is 18.2 Å². The Morgan fingerprint density at radius 2 is 2.05 bits per heavy atom. The summed E-state index contributed by atoms with van der Waals surface area (Å²) < 4.78 is 29.4. The highest BCUT2D eigenvalue weighted by Crippen LogP contribution is 2.28. The number of anilines is 1. The predicted octanol–water partition coefficient (Wildman–Crippen LogP) is 0.784. The van der Waals surface area contributed by atoms with Crippen molar-refractivity contribution in [1.82, 2.24) is 4.31 Å². The number of benzene rings is 1. The van der Waals surface area contributed by atoms with Crippen LogP contribution in [0, 0.1) is 0 Å². The van der Waals surface area contributed by atoms with Gasteiger partial charge in [0, 0.05) is 24.7 Å². The zero-order valence-electron chi connectivity index (χ0n) is 10.9. The van der Waals surface area contributed by atoms with E-state index in [1.165, 1.54) is 45.1 Å². The maximum absolute atomic E-state index is 11.9. The molecule has 1 rings (SSSR count). The molecule has 0 aromatic heterocycles. The molecule has 1 aromatic carbocycles. The summed E-state index contributed by atoms with van der Waals surface area (Å²) in [5.41, 5.74) is 6.11. The Hall–Kier alpha value is -1.25. The van der Waals surface area contributed by atoms with E-state index in [1.54, 1.807) is 6.07 Å². The Morgan fingerprint density at radius 1 is 1.42 bits per heavy atom. The molecule has 0 radical (unpaired) electrons. The van der Waals surface area contributed by atoms with Gasteiger partial charge in [0.15, 0.2) is 0 Å². The highest BCUT2D eigenvalue weighted by Gasteiger charge is 2.18. The number of sulfonamides is 1. The minimum atomic E-state index is -3.50. The van der Waals surface area contributed by atoms with Gasteiger partial charge < -0.3 is 10.5 Å². The molecule has 19 heavy (non-hydrogen) atoms. The van der Waals surface area contributed by atoms with Crippen molar-refractivity contribution in [1.29, 1.82) is 0 Å². The first-order valence-electron chi connectivity index (χ1n) is 5.30. The standard InChI is InChI=1S/C11H16N2O4S2/c1-13(2)19(15,16)8-4-5-10(9(12)6-8)18-7-11(14)17-3/h4-6H,7,12H2,1-3H3. The Bertz CT molecular complexity index is 570. The highest BCUT2D eigenvalue weighted by atomic mass is 32.2. The lowest BCUT2D eigenvalue weighted by Crippen LogP contribution is -2.22. The van der Waals surface area contributed by atoms with Gasteiger partial charge >= 0.3 is 5.97 Å². The van der Waals surface area contributed by atoms with Gasteiger partial charge in [0.05, 0.1) is 17.8 Å². The number of esters is 1. The first kappa shape index (κ1) is 15.8. The second-order valence-corrected chi connectivity index (χ2v) is 7.02. The summed E-state index contributed by atoms with van der Waals surface area (Å²) in [4.78, 5) is 11.8. The van der Waals surface area contributed by atoms with Gasteiger partial charge in [-0.3, -0.25) is 4.79 Å². The van der Waals surface area contributed by atoms with Crippen LogP contribution in [0.15, 0.2) is 28.0 Å². The number of nitrogens with two attached hydrogens (primary N) is 1. The number of carbonyl (C=O) groups is 1. The molecule has 0 aliphatic rings. The topological polar surface area (TPSA) is 89.7 Å². The first-order chi connectivity index (χ1) is 8.78. The van der Waals surface area contributed by atoms with Gasteiger partial charge in [-0.2, -0.15) is 0 Å². The van der Waals surface area contributed by atoms with Crippen molar-refractivity contribution in [3.8, 4) is 0 Å². The fourth-order valence-corrected chi connectivity index (χ4v) is 2.94. The molecule has 106 valence electrons. The molecule has 8 heteroatoms. The molecule has 0 bridgehead atoms. The fourth-order valence-electron chi connectivity index (χ4n) is 1.22. The predicted molar refractivity (Wildman–Crippen MR) is 74.5 cm³/mol. The van der Waals surface area contributed by atoms with Gasteiger partial charge in [-0.15, -0.1) is 11.8 Å². The maximum Gasteiger partial charge on any atom is 0.315 e. The lowest BCUT2D eigenvalue weighted by molar-refractivity contribution is -0.137. The summed E-state index contributed by atoms with van der Waals surface area (Å²) in [6.45, 7) is 0. The second-order valence-electron chi connectivity index (χ2n) is 3.85. The molecular weight excluding hydrogens is 288 g/mol. The average Bonchev–Trinajstić information content (AvgIpc) is 2.36. The minimum Gasteiger partial charge on any atom is -0.468 e. The highest BCUT2D eigenvalue weighted by molar-refractivity contribution is 8.00. The quantitative estimate of drug-likeness (QED) is 0.491. The van der Waals surface area contributed by atoms with Crippen molar-refractivity contribution < 1.29 is 17.9 Å². The van der Waals surface area contributed by atoms with Crippen LogP contribution < -0.4 is 5.73 Å². The van der Waals surface area contributed by atoms with E-state index in [-0.39, 0.29) is 16.6 Å². The van der Waals surface area contributed by atoms with Gasteiger partial charge in [0.1, 0.15) is 0 Å². The first-order valence-corrected chi connectivity index (χ1v) is 7.73. The second kappa shape index (κ2) is 6.27. The molecule has 0 amide bonds. The van der Waals surface area contributed by atoms with Gasteiger partial charge in [-0.25, -0.2) is 12.7 Å². The molecule has 0 atom stereocenters. The Labute approximate surface area is 117 Å². The van der Waals surface area contributed by atoms with Crippen LogP contribution in [0.1, 0.15) is 0 Å². The van der Waals surface area contributed by atoms with Crippen molar-refractivity contribution >= 4 is 33.4 Å². The normalized spacial score (nSPS) is 11.6. The number of ether oxygens (including phenoxy) is 1. The van der Waals surface area contributed by atoms with Gasteiger partial charge in [-0.1, -0.05) is 0 Å². The number of hydrogen-bond donors (Lipinski definition) is 1. The summed E-state index contributed by atoms with van der Waals surface area (Å²) in [5, 5.41) is 0. The van der Waals surface area contributed by atoms with Gasteiger partial charge in [0.25, 0.3) is 0 Å². The molecule has 6 nitrogen and oxygen atoms in total. The van der Waals surface area contributed by atoms with Crippen LogP contribution in [0.2, 0.25) is 0 Å². The Morgan fingerprint density at radius 3 is 2.53 bits per heavy atom. The molecule has 0 fully saturated rings. The summed E-state index contributed by atoms with van der Waals surface area (Å²) in [7, 11) is 0.705. The smallest absolute Gasteiger partial charge is 0.315 e. The maximum atomic E-state index is 11.9. The molecule has 0 spiro atoms. The van der Waals surface area contributed by atoms with E-state index >= 15 is 0 Å². The van der Waals surface area contributed by atoms with Crippen molar-refractivity contribution in [2.45, 2.75) is 9.79 Å². The lowest BCUT2D eigenvalue weighted by atomic mass is 10.3. The number of thioether (sulfide) groups is 1. The van der Waals surface area contributed by atoms with Crippen LogP contribution in [0.3, 0.4) is 0 Å². The number of methoxy groups -OCH3 is 1. The molecule has 0 saturated heterocycles. The van der Waals surface area contributed by atoms with E-state index < -0.39 is 10.0 Å². The molecule has 1 aromatic rings. The summed E-state index contributed by atoms with van der Waals surface area (Å²) in [5.74, 6) is -0.241. The average molecular weight is 304 g/mol. The van der Waals surface area contributed by atoms with Crippen LogP contribution in [0.25, 0.3) is 0 Å². The van der Waals surface area contributed by atoms with Crippen molar-refractivity contribution in [3.05, 3.63) is 18.2 Å². The van der Waals surface area contributed by atoms with Crippen LogP contribution in [-0.2, 0) is 19.6 Å². The number of nitrogen functional groups attached to an aromatic ring is 1. The molecule has 0 heterocycles. The fraction of sp³-hybridized carbons (Fsp3) is 0.364. The molecule has 0 unspecified atom stereocenters. The lowest BCUT2D eigenvalue weighted by Gasteiger charge is -2.13. The largest absolute Gasteiger partial charge is 0.468 e. The molecule has 0 aliphatic heterocycles. The molecule has 2 N–H and O–H groups in total. The van der Waals surface area contributed by atoms with E-state index in [0.717, 1.165) is 4.31 Å². The zero-order chi connectivity index (χ0) is 14.6. The molecule has 0 saturated carbocycles. The zero-order valence-corrected chi connectivity index (χ0v) is 12.5. The van der Waals surface area contributed by atoms with Crippen LogP contribution in [-0.4, -0.2) is 45.7 Å². The van der Waals surface area contributed by atoms with Crippen molar-refractivity contribution in [2.75, 3.05) is 32.7 Å². The van der Waals surface area contributed by atoms with E-state index in [4.69, 9.17) is 5.73 Å². The van der Waals surface area contributed by atoms with Crippen LogP contribution in [0.5, 0.6) is 0 Å². The summed E-state index contributed by atoms with van der Waals surface area (Å²) in [6, 6.07) is 4.43. The van der Waals surface area contributed by atoms with Crippen molar-refractivity contribution in [2.24, 2.45) is 0 Å². The molecular formula is C11H16N2O4S2. The Balaban J connectivity index is 2.95. The van der Waals surface area contributed by atoms with E-state index in [0.29, 0.717) is 10.6 Å². The number of nitrogens with zero attached hydrogens (tertiary/aromatic N) is 1. The number of carbonyl (C=O) groups excluding carboxylic acids is 1. The number of rotatable bonds is 5. The van der Waals surface area contributed by atoms with E-state index in [9.17, 15) is 13.2 Å².